The average molecular weight is 430 g/mol. The number of hydrogen-bond donors (Lipinski definition) is 0. The van der Waals surface area contributed by atoms with Crippen molar-refractivity contribution in [3.63, 3.8) is 0 Å². The van der Waals surface area contributed by atoms with E-state index in [2.05, 4.69) is 41.2 Å². The van der Waals surface area contributed by atoms with Crippen LogP contribution < -0.4 is 4.74 Å². The minimum absolute atomic E-state index is 0.0523. The van der Waals surface area contributed by atoms with Gasteiger partial charge in [-0.1, -0.05) is 48.0 Å². The summed E-state index contributed by atoms with van der Waals surface area (Å²) in [6.45, 7) is 5.02. The van der Waals surface area contributed by atoms with Crippen molar-refractivity contribution in [2.45, 2.75) is 20.5 Å². The van der Waals surface area contributed by atoms with Crippen molar-refractivity contribution in [2.75, 3.05) is 6.54 Å². The topological polar surface area (TPSA) is 54.8 Å². The second-order valence-corrected chi connectivity index (χ2v) is 8.09. The van der Waals surface area contributed by atoms with Gasteiger partial charge in [-0.2, -0.15) is 0 Å². The number of aliphatic imine (C=N–C) groups is 1. The molecule has 2 aromatic carbocycles. The van der Waals surface area contributed by atoms with E-state index in [1.165, 1.54) is 17.3 Å². The van der Waals surface area contributed by atoms with Gasteiger partial charge in [0.15, 0.2) is 5.17 Å². The highest BCUT2D eigenvalue weighted by molar-refractivity contribution is 8.18. The summed E-state index contributed by atoms with van der Waals surface area (Å²) in [7, 11) is 0. The van der Waals surface area contributed by atoms with Crippen LogP contribution >= 0.6 is 11.8 Å². The van der Waals surface area contributed by atoms with Crippen LogP contribution in [0.25, 0.3) is 6.08 Å². The zero-order valence-corrected chi connectivity index (χ0v) is 18.3. The van der Waals surface area contributed by atoms with Crippen LogP contribution in [0.4, 0.5) is 5.69 Å². The predicted octanol–water partition coefficient (Wildman–Crippen LogP) is 5.59. The Morgan fingerprint density at radius 3 is 2.65 bits per heavy atom. The van der Waals surface area contributed by atoms with Gasteiger partial charge < -0.3 is 4.74 Å². The van der Waals surface area contributed by atoms with Crippen molar-refractivity contribution in [1.29, 1.82) is 0 Å². The molecule has 1 aliphatic rings. The van der Waals surface area contributed by atoms with E-state index in [-0.39, 0.29) is 5.91 Å². The van der Waals surface area contributed by atoms with Gasteiger partial charge in [-0.15, -0.1) is 0 Å². The second kappa shape index (κ2) is 9.62. The molecule has 1 aromatic heterocycles. The number of thioether (sulfide) groups is 1. The van der Waals surface area contributed by atoms with Crippen molar-refractivity contribution >= 4 is 34.6 Å². The van der Waals surface area contributed by atoms with Gasteiger partial charge in [-0.25, -0.2) is 4.99 Å². The normalized spacial score (nSPS) is 16.3. The lowest BCUT2D eigenvalue weighted by Crippen LogP contribution is -2.28. The third-order valence-electron chi connectivity index (χ3n) is 4.80. The molecule has 2 heterocycles. The third kappa shape index (κ3) is 5.03. The molecule has 0 N–H and O–H groups in total. The van der Waals surface area contributed by atoms with Crippen LogP contribution in [-0.2, 0) is 11.4 Å². The molecule has 0 saturated carbocycles. The third-order valence-corrected chi connectivity index (χ3v) is 5.80. The first kappa shape index (κ1) is 20.9. The maximum absolute atomic E-state index is 13.0. The quantitative estimate of drug-likeness (QED) is 0.479. The van der Waals surface area contributed by atoms with E-state index in [9.17, 15) is 4.79 Å². The molecular weight excluding hydrogens is 406 g/mol. The summed E-state index contributed by atoms with van der Waals surface area (Å²) in [6.07, 6.45) is 5.26. The smallest absolute Gasteiger partial charge is 0.266 e. The Labute approximate surface area is 186 Å². The van der Waals surface area contributed by atoms with Crippen molar-refractivity contribution in [3.8, 4) is 5.75 Å². The van der Waals surface area contributed by atoms with Gasteiger partial charge in [0.2, 0.25) is 0 Å². The number of para-hydroxylation sites is 1. The summed E-state index contributed by atoms with van der Waals surface area (Å²) >= 11 is 1.37. The maximum Gasteiger partial charge on any atom is 0.266 e. The van der Waals surface area contributed by atoms with Crippen LogP contribution in [0.3, 0.4) is 0 Å². The highest BCUT2D eigenvalue weighted by Gasteiger charge is 2.32. The zero-order chi connectivity index (χ0) is 21.6. The molecule has 1 saturated heterocycles. The van der Waals surface area contributed by atoms with E-state index < -0.39 is 0 Å². The number of amidine groups is 1. The summed E-state index contributed by atoms with van der Waals surface area (Å²) in [6, 6.07) is 19.7. The fourth-order valence-corrected chi connectivity index (χ4v) is 4.17. The van der Waals surface area contributed by atoms with Crippen LogP contribution in [0, 0.1) is 6.92 Å². The first-order valence-electron chi connectivity index (χ1n) is 10.1. The number of carbonyl (C=O) groups excluding carboxylic acids is 1. The molecule has 0 aliphatic carbocycles. The fourth-order valence-electron chi connectivity index (χ4n) is 3.12. The minimum atomic E-state index is -0.0523. The van der Waals surface area contributed by atoms with E-state index in [1.54, 1.807) is 17.3 Å². The maximum atomic E-state index is 13.0. The highest BCUT2D eigenvalue weighted by atomic mass is 32.2. The van der Waals surface area contributed by atoms with Gasteiger partial charge >= 0.3 is 0 Å². The van der Waals surface area contributed by atoms with Crippen LogP contribution in [0.1, 0.15) is 23.6 Å². The van der Waals surface area contributed by atoms with Gasteiger partial charge in [0.1, 0.15) is 12.4 Å². The lowest BCUT2D eigenvalue weighted by Gasteiger charge is -2.12. The van der Waals surface area contributed by atoms with E-state index in [0.29, 0.717) is 23.2 Å². The summed E-state index contributed by atoms with van der Waals surface area (Å²) in [5, 5.41) is 0.657. The molecule has 156 valence electrons. The number of ether oxygens (including phenoxy) is 1. The van der Waals surface area contributed by atoms with Crippen LogP contribution in [0.15, 0.2) is 83.0 Å². The summed E-state index contributed by atoms with van der Waals surface area (Å²) in [5.41, 5.74) is 3.90. The van der Waals surface area contributed by atoms with Gasteiger partial charge in [0.25, 0.3) is 5.91 Å². The number of aryl methyl sites for hydroxylation is 1. The van der Waals surface area contributed by atoms with Crippen molar-refractivity contribution in [1.82, 2.24) is 9.88 Å². The standard InChI is InChI=1S/C25H23N3O2S/c1-3-28-24(29)23(31-25(28)27-21-8-6-14-26-16-21)15-20-7-4-5-9-22(20)30-17-19-12-10-18(2)11-13-19/h4-16H,3,17H2,1-2H3/b23-15-,27-25?. The zero-order valence-electron chi connectivity index (χ0n) is 17.5. The Kier molecular flexibility index (Phi) is 6.48. The lowest BCUT2D eigenvalue weighted by molar-refractivity contribution is -0.122. The fraction of sp³-hybridized carbons (Fsp3) is 0.160. The van der Waals surface area contributed by atoms with Crippen molar-refractivity contribution in [3.05, 3.63) is 94.7 Å². The number of benzene rings is 2. The van der Waals surface area contributed by atoms with E-state index in [1.807, 2.05) is 49.4 Å². The van der Waals surface area contributed by atoms with Crippen LogP contribution in [0.2, 0.25) is 0 Å². The number of nitrogens with zero attached hydrogens (tertiary/aromatic N) is 3. The number of aromatic nitrogens is 1. The minimum Gasteiger partial charge on any atom is -0.488 e. The van der Waals surface area contributed by atoms with Crippen molar-refractivity contribution in [2.24, 2.45) is 4.99 Å². The highest BCUT2D eigenvalue weighted by Crippen LogP contribution is 2.35. The molecule has 3 aromatic rings. The van der Waals surface area contributed by atoms with Crippen LogP contribution in [-0.4, -0.2) is 27.5 Å². The number of amides is 1. The Bertz CT molecular complexity index is 1130. The Morgan fingerprint density at radius 1 is 1.10 bits per heavy atom. The number of likely N-dealkylation sites (N-methyl/N-ethyl adjacent to an activating group) is 1. The van der Waals surface area contributed by atoms with Crippen molar-refractivity contribution < 1.29 is 9.53 Å². The number of carbonyl (C=O) groups is 1. The molecule has 1 amide bonds. The molecule has 1 fully saturated rings. The van der Waals surface area contributed by atoms with Crippen LogP contribution in [0.5, 0.6) is 5.75 Å². The van der Waals surface area contributed by atoms with E-state index in [0.717, 1.165) is 22.6 Å². The molecule has 6 heteroatoms. The van der Waals surface area contributed by atoms with E-state index in [4.69, 9.17) is 4.74 Å². The summed E-state index contributed by atoms with van der Waals surface area (Å²) in [5.74, 6) is 0.688. The Balaban J connectivity index is 1.57. The molecule has 31 heavy (non-hydrogen) atoms. The monoisotopic (exact) mass is 429 g/mol. The van der Waals surface area contributed by atoms with Gasteiger partial charge in [0.05, 0.1) is 16.8 Å². The van der Waals surface area contributed by atoms with Gasteiger partial charge in [0, 0.05) is 18.3 Å². The van der Waals surface area contributed by atoms with Gasteiger partial charge in [-0.05, 0) is 55.4 Å². The molecule has 0 unspecified atom stereocenters. The molecule has 0 radical (unpaired) electrons. The largest absolute Gasteiger partial charge is 0.488 e. The lowest BCUT2D eigenvalue weighted by atomic mass is 10.1. The Morgan fingerprint density at radius 2 is 1.90 bits per heavy atom. The molecule has 0 spiro atoms. The van der Waals surface area contributed by atoms with Gasteiger partial charge in [-0.3, -0.25) is 14.7 Å². The Hall–Kier alpha value is -3.38. The number of pyridine rings is 1. The SMILES string of the molecule is CCN1C(=O)/C(=C/c2ccccc2OCc2ccc(C)cc2)SC1=Nc1cccnc1. The molecule has 5 nitrogen and oxygen atoms in total. The first-order valence-corrected chi connectivity index (χ1v) is 10.9. The first-order chi connectivity index (χ1) is 15.1. The second-order valence-electron chi connectivity index (χ2n) is 7.08. The molecule has 0 bridgehead atoms. The molecule has 4 rings (SSSR count). The average Bonchev–Trinajstić information content (AvgIpc) is 3.08. The molecule has 0 atom stereocenters. The predicted molar refractivity (Wildman–Crippen MR) is 126 cm³/mol. The summed E-state index contributed by atoms with van der Waals surface area (Å²) < 4.78 is 6.07. The molecule has 1 aliphatic heterocycles. The number of hydrogen-bond acceptors (Lipinski definition) is 5. The van der Waals surface area contributed by atoms with E-state index >= 15 is 0 Å². The molecular formula is C25H23N3O2S. The summed E-state index contributed by atoms with van der Waals surface area (Å²) in [4.78, 5) is 24.0. The number of rotatable bonds is 6.